The van der Waals surface area contributed by atoms with E-state index in [1.165, 1.54) is 22.8 Å². The molecule has 0 radical (unpaired) electrons. The quantitative estimate of drug-likeness (QED) is 0.722. The topological polar surface area (TPSA) is 69.7 Å². The summed E-state index contributed by atoms with van der Waals surface area (Å²) >= 11 is 0. The second kappa shape index (κ2) is 9.63. The van der Waals surface area contributed by atoms with E-state index < -0.39 is 10.0 Å². The molecule has 4 rings (SSSR count). The van der Waals surface area contributed by atoms with Gasteiger partial charge in [0, 0.05) is 44.3 Å². The fourth-order valence-corrected chi connectivity index (χ4v) is 6.07. The largest absolute Gasteiger partial charge is 0.372 e. The van der Waals surface area contributed by atoms with E-state index in [1.54, 1.807) is 12.1 Å². The lowest BCUT2D eigenvalue weighted by Gasteiger charge is -2.30. The Hall–Kier alpha value is -2.38. The molecule has 7 heteroatoms. The zero-order chi connectivity index (χ0) is 22.7. The number of amides is 1. The third-order valence-corrected chi connectivity index (χ3v) is 8.71. The van der Waals surface area contributed by atoms with Crippen LogP contribution in [0.15, 0.2) is 47.4 Å². The number of anilines is 1. The van der Waals surface area contributed by atoms with Gasteiger partial charge in [0.15, 0.2) is 0 Å². The lowest BCUT2D eigenvalue weighted by atomic mass is 9.97. The number of benzene rings is 2. The van der Waals surface area contributed by atoms with Crippen molar-refractivity contribution in [2.45, 2.75) is 51.0 Å². The molecule has 6 nitrogen and oxygen atoms in total. The first-order chi connectivity index (χ1) is 15.3. The van der Waals surface area contributed by atoms with Crippen molar-refractivity contribution in [2.24, 2.45) is 5.92 Å². The van der Waals surface area contributed by atoms with Crippen molar-refractivity contribution in [3.8, 4) is 0 Å². The van der Waals surface area contributed by atoms with Crippen LogP contribution in [0, 0.1) is 19.8 Å². The monoisotopic (exact) mass is 455 g/mol. The summed E-state index contributed by atoms with van der Waals surface area (Å²) in [5, 5.41) is 3.04. The van der Waals surface area contributed by atoms with Crippen LogP contribution in [0.5, 0.6) is 0 Å². The van der Waals surface area contributed by atoms with Crippen LogP contribution in [0.25, 0.3) is 0 Å². The molecule has 0 aromatic heterocycles. The molecule has 2 heterocycles. The molecule has 0 bridgehead atoms. The van der Waals surface area contributed by atoms with Crippen LogP contribution in [-0.2, 0) is 21.4 Å². The predicted octanol–water partition coefficient (Wildman–Crippen LogP) is 3.62. The van der Waals surface area contributed by atoms with Gasteiger partial charge in [-0.25, -0.2) is 8.42 Å². The summed E-state index contributed by atoms with van der Waals surface area (Å²) in [6.45, 7) is 7.38. The normalized spacial score (nSPS) is 18.1. The fraction of sp³-hybridized carbons (Fsp3) is 0.480. The lowest BCUT2D eigenvalue weighted by molar-refractivity contribution is -0.126. The maximum Gasteiger partial charge on any atom is 0.243 e. The highest BCUT2D eigenvalue weighted by molar-refractivity contribution is 7.89. The van der Waals surface area contributed by atoms with Crippen molar-refractivity contribution in [3.63, 3.8) is 0 Å². The third kappa shape index (κ3) is 4.99. The molecule has 2 aromatic rings. The summed E-state index contributed by atoms with van der Waals surface area (Å²) in [5.41, 5.74) is 4.37. The number of aryl methyl sites for hydroxylation is 2. The zero-order valence-corrected chi connectivity index (χ0v) is 19.8. The molecule has 1 N–H and O–H groups in total. The number of hydrogen-bond acceptors (Lipinski definition) is 4. The van der Waals surface area contributed by atoms with Crippen molar-refractivity contribution in [3.05, 3.63) is 59.2 Å². The SMILES string of the molecule is Cc1ccc(S(=O)(=O)N2CCC(C(=O)NCc3ccc(N4CCCC4)cc3)CC2)cc1C. The van der Waals surface area contributed by atoms with Gasteiger partial charge in [-0.05, 0) is 80.5 Å². The number of hydrogen-bond donors (Lipinski definition) is 1. The van der Waals surface area contributed by atoms with Gasteiger partial charge in [0.2, 0.25) is 15.9 Å². The van der Waals surface area contributed by atoms with Crippen molar-refractivity contribution in [1.29, 1.82) is 0 Å². The molecule has 2 aliphatic rings. The summed E-state index contributed by atoms with van der Waals surface area (Å²) in [6, 6.07) is 13.7. The van der Waals surface area contributed by atoms with Gasteiger partial charge in [0.05, 0.1) is 4.90 Å². The summed E-state index contributed by atoms with van der Waals surface area (Å²) < 4.78 is 27.5. The van der Waals surface area contributed by atoms with E-state index >= 15 is 0 Å². The Morgan fingerprint density at radius 2 is 1.59 bits per heavy atom. The zero-order valence-electron chi connectivity index (χ0n) is 19.0. The van der Waals surface area contributed by atoms with Crippen LogP contribution in [0.4, 0.5) is 5.69 Å². The van der Waals surface area contributed by atoms with E-state index in [9.17, 15) is 13.2 Å². The maximum atomic E-state index is 13.0. The van der Waals surface area contributed by atoms with Crippen LogP contribution >= 0.6 is 0 Å². The Labute approximate surface area is 191 Å². The van der Waals surface area contributed by atoms with Gasteiger partial charge in [-0.15, -0.1) is 0 Å². The Balaban J connectivity index is 1.28. The first-order valence-electron chi connectivity index (χ1n) is 11.5. The van der Waals surface area contributed by atoms with Crippen molar-refractivity contribution < 1.29 is 13.2 Å². The number of nitrogens with one attached hydrogen (secondary N) is 1. The number of sulfonamides is 1. The van der Waals surface area contributed by atoms with Crippen LogP contribution in [-0.4, -0.2) is 44.8 Å². The van der Waals surface area contributed by atoms with Crippen LogP contribution in [0.1, 0.15) is 42.4 Å². The number of piperidine rings is 1. The van der Waals surface area contributed by atoms with Gasteiger partial charge >= 0.3 is 0 Å². The van der Waals surface area contributed by atoms with Gasteiger partial charge in [-0.1, -0.05) is 18.2 Å². The van der Waals surface area contributed by atoms with Crippen LogP contribution in [0.2, 0.25) is 0 Å². The minimum Gasteiger partial charge on any atom is -0.372 e. The highest BCUT2D eigenvalue weighted by Crippen LogP contribution is 2.25. The van der Waals surface area contributed by atoms with E-state index in [4.69, 9.17) is 0 Å². The third-order valence-electron chi connectivity index (χ3n) is 6.82. The van der Waals surface area contributed by atoms with E-state index in [0.29, 0.717) is 37.4 Å². The Morgan fingerprint density at radius 3 is 2.22 bits per heavy atom. The summed E-state index contributed by atoms with van der Waals surface area (Å²) in [7, 11) is -3.52. The number of carbonyl (C=O) groups excluding carboxylic acids is 1. The Morgan fingerprint density at radius 1 is 0.938 bits per heavy atom. The Kier molecular flexibility index (Phi) is 6.86. The van der Waals surface area contributed by atoms with Crippen molar-refractivity contribution >= 4 is 21.6 Å². The van der Waals surface area contributed by atoms with Gasteiger partial charge in [-0.2, -0.15) is 4.31 Å². The first-order valence-corrected chi connectivity index (χ1v) is 13.0. The van der Waals surface area contributed by atoms with Crippen molar-refractivity contribution in [1.82, 2.24) is 9.62 Å². The molecule has 0 aliphatic carbocycles. The smallest absolute Gasteiger partial charge is 0.243 e. The van der Waals surface area contributed by atoms with Crippen LogP contribution in [0.3, 0.4) is 0 Å². The van der Waals surface area contributed by atoms with E-state index in [2.05, 4.69) is 34.5 Å². The standard InChI is InChI=1S/C25H33N3O3S/c1-19-5-10-24(17-20(19)2)32(30,31)28-15-11-22(12-16-28)25(29)26-18-21-6-8-23(9-7-21)27-13-3-4-14-27/h5-10,17,22H,3-4,11-16,18H2,1-2H3,(H,26,29). The molecule has 0 atom stereocenters. The molecular weight excluding hydrogens is 422 g/mol. The minimum absolute atomic E-state index is 0.0110. The molecule has 32 heavy (non-hydrogen) atoms. The minimum atomic E-state index is -3.52. The van der Waals surface area contributed by atoms with Gasteiger partial charge in [0.25, 0.3) is 0 Å². The van der Waals surface area contributed by atoms with Gasteiger partial charge in [-0.3, -0.25) is 4.79 Å². The van der Waals surface area contributed by atoms with Crippen molar-refractivity contribution in [2.75, 3.05) is 31.1 Å². The summed E-state index contributed by atoms with van der Waals surface area (Å²) in [6.07, 6.45) is 3.60. The summed E-state index contributed by atoms with van der Waals surface area (Å²) in [5.74, 6) is -0.137. The Bertz CT molecular complexity index is 1050. The van der Waals surface area contributed by atoms with E-state index in [-0.39, 0.29) is 11.8 Å². The predicted molar refractivity (Wildman–Crippen MR) is 127 cm³/mol. The van der Waals surface area contributed by atoms with Gasteiger partial charge in [0.1, 0.15) is 0 Å². The second-order valence-corrected chi connectivity index (χ2v) is 10.9. The second-order valence-electron chi connectivity index (χ2n) is 9.00. The average molecular weight is 456 g/mol. The molecule has 1 amide bonds. The number of carbonyl (C=O) groups is 1. The molecule has 2 aliphatic heterocycles. The molecule has 0 spiro atoms. The van der Waals surface area contributed by atoms with E-state index in [1.807, 2.05) is 19.9 Å². The number of rotatable bonds is 6. The summed E-state index contributed by atoms with van der Waals surface area (Å²) in [4.78, 5) is 15.4. The van der Waals surface area contributed by atoms with Crippen LogP contribution < -0.4 is 10.2 Å². The number of nitrogens with zero attached hydrogens (tertiary/aromatic N) is 2. The highest BCUT2D eigenvalue weighted by Gasteiger charge is 2.32. The molecule has 2 aromatic carbocycles. The van der Waals surface area contributed by atoms with E-state index in [0.717, 1.165) is 29.8 Å². The van der Waals surface area contributed by atoms with Gasteiger partial charge < -0.3 is 10.2 Å². The molecular formula is C25H33N3O3S. The molecule has 0 unspecified atom stereocenters. The molecule has 0 saturated carbocycles. The first kappa shape index (κ1) is 22.8. The highest BCUT2D eigenvalue weighted by atomic mass is 32.2. The fourth-order valence-electron chi connectivity index (χ4n) is 4.52. The lowest BCUT2D eigenvalue weighted by Crippen LogP contribution is -2.42. The molecule has 2 fully saturated rings. The average Bonchev–Trinajstić information content (AvgIpc) is 3.34. The molecule has 172 valence electrons. The molecule has 2 saturated heterocycles. The maximum absolute atomic E-state index is 13.0.